The van der Waals surface area contributed by atoms with Gasteiger partial charge >= 0.3 is 0 Å². The van der Waals surface area contributed by atoms with Crippen molar-refractivity contribution in [1.82, 2.24) is 6.15 Å². The Kier molecular flexibility index (Phi) is 11.8. The monoisotopic (exact) mass is 172 g/mol. The van der Waals surface area contributed by atoms with E-state index in [0.29, 0.717) is 0 Å². The lowest BCUT2D eigenvalue weighted by atomic mass is 10.3. The largest absolute Gasteiger partial charge is 0.907 e. The number of hydrogen-bond donors (Lipinski definition) is 1. The van der Waals surface area contributed by atoms with E-state index < -0.39 is 15.1 Å². The molecule has 0 aromatic rings. The first kappa shape index (κ1) is 16.5. The summed E-state index contributed by atoms with van der Waals surface area (Å²) in [6.07, 6.45) is 0. The zero-order valence-electron chi connectivity index (χ0n) is 4.88. The third-order valence-electron chi connectivity index (χ3n) is 0. The highest BCUT2D eigenvalue weighted by Gasteiger charge is 1.44. The van der Waals surface area contributed by atoms with E-state index in [0.717, 1.165) is 0 Å². The second kappa shape index (κ2) is 7.13. The van der Waals surface area contributed by atoms with Crippen molar-refractivity contribution in [2.75, 3.05) is 0 Å². The summed E-state index contributed by atoms with van der Waals surface area (Å²) in [5.74, 6) is 0. The van der Waals surface area contributed by atoms with Gasteiger partial charge in [-0.2, -0.15) is 7.82 Å². The van der Waals surface area contributed by atoms with Gasteiger partial charge in [-0.1, -0.05) is 0 Å². The van der Waals surface area contributed by atoms with Gasteiger partial charge in [-0.3, -0.25) is 7.32 Å². The van der Waals surface area contributed by atoms with Gasteiger partial charge in [-0.25, -0.2) is 0 Å². The minimum absolute atomic E-state index is 0. The molecule has 64 valence electrons. The van der Waals surface area contributed by atoms with Crippen LogP contribution in [0.5, 0.6) is 0 Å². The van der Waals surface area contributed by atoms with Crippen LogP contribution in [0.1, 0.15) is 0 Å². The Morgan fingerprint density at radius 2 is 1.00 bits per heavy atom. The van der Waals surface area contributed by atoms with E-state index in [1.54, 1.807) is 0 Å². The van der Waals surface area contributed by atoms with Crippen molar-refractivity contribution < 1.29 is 34.3 Å². The lowest BCUT2D eigenvalue weighted by molar-refractivity contribution is -0.479. The minimum Gasteiger partial charge on any atom is -0.907 e. The zero-order chi connectivity index (χ0) is 8.08. The first-order chi connectivity index (χ1) is 3.73. The molecule has 0 saturated heterocycles. The Labute approximate surface area is 56.8 Å². The molecule has 0 bridgehead atoms. The zero-order valence-corrected chi connectivity index (χ0v) is 5.78. The van der Waals surface area contributed by atoms with Gasteiger partial charge in [0.05, 0.1) is 0 Å². The smallest absolute Gasteiger partial charge is 0.159 e. The topological polar surface area (TPSA) is 192 Å². The lowest BCUT2D eigenvalue weighted by Crippen LogP contribution is -2.56. The van der Waals surface area contributed by atoms with Crippen LogP contribution < -0.4 is 35.9 Å². The predicted octanol–water partition coefficient (Wildman–Crippen LogP) is -6.40. The summed E-state index contributed by atoms with van der Waals surface area (Å²) in [4.78, 5) is 25.6. The van der Waals surface area contributed by atoms with Gasteiger partial charge in [-0.05, 0) is 0 Å². The number of quaternary nitrogens is 1. The molecule has 0 fully saturated rings. The predicted molar refractivity (Wildman–Crippen MR) is 19.3 cm³/mol. The van der Waals surface area contributed by atoms with Crippen LogP contribution in [0.15, 0.2) is 0 Å². The maximum absolute atomic E-state index is 8.55. The molecule has 0 radical (unpaired) electrons. The quantitative estimate of drug-likeness (QED) is 0.277. The van der Waals surface area contributed by atoms with E-state index in [1.807, 2.05) is 0 Å². The van der Waals surface area contributed by atoms with Crippen molar-refractivity contribution in [3.05, 3.63) is 0 Å². The Morgan fingerprint density at radius 1 is 1.00 bits per heavy atom. The molecule has 0 rings (SSSR count). The highest BCUT2D eigenvalue weighted by atomic mass is 31.2. The Morgan fingerprint density at radius 3 is 1.00 bits per heavy atom. The summed E-state index contributed by atoms with van der Waals surface area (Å²) in [5, 5.41) is 25.2. The fraction of sp³-hybridized carbons (Fsp3) is 0. The van der Waals surface area contributed by atoms with Crippen LogP contribution in [0.25, 0.3) is 0 Å². The van der Waals surface area contributed by atoms with Crippen molar-refractivity contribution in [3.63, 3.8) is 0 Å². The summed E-state index contributed by atoms with van der Waals surface area (Å²) >= 11 is 0. The first-order valence-corrected chi connectivity index (χ1v) is 2.90. The molecule has 0 aliphatic rings. The van der Waals surface area contributed by atoms with Crippen LogP contribution in [0.2, 0.25) is 0 Å². The van der Waals surface area contributed by atoms with E-state index in [-0.39, 0.29) is 6.15 Å². The summed E-state index contributed by atoms with van der Waals surface area (Å²) in [6, 6.07) is 0. The molecule has 0 unspecified atom stereocenters. The van der Waals surface area contributed by atoms with Crippen LogP contribution >= 0.6 is 7.82 Å². The molecule has 0 amide bonds. The van der Waals surface area contributed by atoms with E-state index in [2.05, 4.69) is 0 Å². The molecular formula is H4BNO7P-5. The highest BCUT2D eigenvalue weighted by Crippen LogP contribution is 2.03. The number of hydrogen-bond acceptors (Lipinski definition) is 7. The molecule has 0 heterocycles. The molecule has 0 aromatic heterocycles. The van der Waals surface area contributed by atoms with Crippen LogP contribution in [-0.4, -0.2) is 7.32 Å². The molecule has 10 heteroatoms. The fourth-order valence-corrected chi connectivity index (χ4v) is 0. The maximum Gasteiger partial charge on any atom is -0.159 e. The highest BCUT2D eigenvalue weighted by molar-refractivity contribution is 7.40. The van der Waals surface area contributed by atoms with Crippen LogP contribution in [0.3, 0.4) is 0 Å². The molecular weight excluding hydrogens is 168 g/mol. The van der Waals surface area contributed by atoms with E-state index in [1.165, 1.54) is 0 Å². The van der Waals surface area contributed by atoms with Gasteiger partial charge < -0.3 is 40.5 Å². The molecule has 0 aliphatic carbocycles. The first-order valence-electron chi connectivity index (χ1n) is 1.44. The molecule has 0 spiro atoms. The maximum atomic E-state index is 8.55. The van der Waals surface area contributed by atoms with Crippen molar-refractivity contribution in [2.45, 2.75) is 0 Å². The molecule has 0 saturated carbocycles. The van der Waals surface area contributed by atoms with Gasteiger partial charge in [-0.15, -0.1) is 0 Å². The Hall–Kier alpha value is 0.0149. The van der Waals surface area contributed by atoms with Crippen molar-refractivity contribution in [3.8, 4) is 0 Å². The number of phosphoric acid groups is 1. The van der Waals surface area contributed by atoms with Gasteiger partial charge in [0, 0.05) is 0 Å². The summed E-state index contributed by atoms with van der Waals surface area (Å²) < 4.78 is 8.55. The molecule has 8 nitrogen and oxygen atoms in total. The van der Waals surface area contributed by atoms with E-state index >= 15 is 0 Å². The van der Waals surface area contributed by atoms with Gasteiger partial charge in [0.25, 0.3) is 0 Å². The van der Waals surface area contributed by atoms with Gasteiger partial charge in [0.15, 0.2) is 0 Å². The number of rotatable bonds is 0. The second-order valence-corrected chi connectivity index (χ2v) is 1.63. The van der Waals surface area contributed by atoms with E-state index in [4.69, 9.17) is 34.3 Å². The van der Waals surface area contributed by atoms with Crippen molar-refractivity contribution in [2.24, 2.45) is 0 Å². The lowest BCUT2D eigenvalue weighted by Gasteiger charge is -2.36. The van der Waals surface area contributed by atoms with Crippen LogP contribution in [0, 0.1) is 0 Å². The van der Waals surface area contributed by atoms with E-state index in [9.17, 15) is 0 Å². The summed E-state index contributed by atoms with van der Waals surface area (Å²) in [5.41, 5.74) is 0. The third kappa shape index (κ3) is 1770000. The molecule has 0 aliphatic heterocycles. The fourth-order valence-electron chi connectivity index (χ4n) is 0. The van der Waals surface area contributed by atoms with Crippen LogP contribution in [0.4, 0.5) is 0 Å². The van der Waals surface area contributed by atoms with Crippen molar-refractivity contribution in [1.29, 1.82) is 0 Å². The molecule has 0 aromatic carbocycles. The van der Waals surface area contributed by atoms with Crippen molar-refractivity contribution >= 4 is 15.1 Å². The summed E-state index contributed by atoms with van der Waals surface area (Å²) in [7, 11) is -8.31. The Bertz CT molecular complexity index is 84.8. The SMILES string of the molecule is O=P([O-])([O-])[O-].[NH4+].[O-]B([O-])[O-]. The normalized spacial score (nSPS) is 8.60. The molecule has 10 heavy (non-hydrogen) atoms. The van der Waals surface area contributed by atoms with Gasteiger partial charge in [0.1, 0.15) is 0 Å². The minimum atomic E-state index is -5.39. The average molecular weight is 172 g/mol. The standard InChI is InChI=1S/BO3.H3N.H3O4P/c2-1(3)4;;1-5(2,3)4/h;1H3;(H3,1,2,3,4)/q-3;;/p-2. The summed E-state index contributed by atoms with van der Waals surface area (Å²) in [6.45, 7) is 0. The third-order valence-corrected chi connectivity index (χ3v) is 0. The van der Waals surface area contributed by atoms with Gasteiger partial charge in [0.2, 0.25) is 0 Å². The molecule has 0 atom stereocenters. The van der Waals surface area contributed by atoms with Crippen LogP contribution in [-0.2, 0) is 4.57 Å². The average Bonchev–Trinajstić information content (AvgIpc) is 1.19. The molecule has 4 N–H and O–H groups in total. The second-order valence-electron chi connectivity index (χ2n) is 0.736. The Balaban J connectivity index is -0.0000000910.